The van der Waals surface area contributed by atoms with E-state index in [0.29, 0.717) is 37.3 Å². The van der Waals surface area contributed by atoms with Crippen LogP contribution in [0.5, 0.6) is 5.75 Å². The molecular weight excluding hydrogens is 483 g/mol. The number of aryl methyl sites for hydroxylation is 1. The van der Waals surface area contributed by atoms with Gasteiger partial charge in [0.2, 0.25) is 5.56 Å². The predicted molar refractivity (Wildman–Crippen MR) is 122 cm³/mol. The van der Waals surface area contributed by atoms with Gasteiger partial charge in [-0.1, -0.05) is 0 Å². The maximum Gasteiger partial charge on any atom is 0.400 e. The summed E-state index contributed by atoms with van der Waals surface area (Å²) in [6.45, 7) is 0.870. The number of anilines is 1. The average molecular weight is 506 g/mol. The second kappa shape index (κ2) is 8.86. The van der Waals surface area contributed by atoms with Gasteiger partial charge in [0, 0.05) is 56.9 Å². The molecule has 36 heavy (non-hydrogen) atoms. The van der Waals surface area contributed by atoms with Crippen molar-refractivity contribution in [2.24, 2.45) is 7.05 Å². The zero-order chi connectivity index (χ0) is 25.7. The van der Waals surface area contributed by atoms with Gasteiger partial charge >= 0.3 is 6.18 Å². The minimum Gasteiger partial charge on any atom is -0.487 e. The van der Waals surface area contributed by atoms with E-state index in [4.69, 9.17) is 4.74 Å². The largest absolute Gasteiger partial charge is 0.487 e. The summed E-state index contributed by atoms with van der Waals surface area (Å²) < 4.78 is 75.5. The number of alkyl halides is 3. The minimum absolute atomic E-state index is 0.0354. The van der Waals surface area contributed by atoms with Gasteiger partial charge in [-0.15, -0.1) is 0 Å². The Balaban J connectivity index is 1.43. The molecule has 1 aliphatic carbocycles. The van der Waals surface area contributed by atoms with Gasteiger partial charge in [0.05, 0.1) is 11.9 Å². The van der Waals surface area contributed by atoms with Crippen molar-refractivity contribution in [1.29, 1.82) is 0 Å². The second-order valence-electron chi connectivity index (χ2n) is 9.25. The van der Waals surface area contributed by atoms with Crippen LogP contribution >= 0.6 is 0 Å². The number of piperidine rings is 1. The monoisotopic (exact) mass is 506 g/mol. The summed E-state index contributed by atoms with van der Waals surface area (Å²) in [6, 6.07) is 5.99. The van der Waals surface area contributed by atoms with E-state index in [1.165, 1.54) is 35.2 Å². The third kappa shape index (κ3) is 4.42. The number of benzene rings is 1. The Kier molecular flexibility index (Phi) is 5.96. The van der Waals surface area contributed by atoms with Gasteiger partial charge in [-0.2, -0.15) is 13.2 Å². The van der Waals surface area contributed by atoms with E-state index in [9.17, 15) is 26.7 Å². The Morgan fingerprint density at radius 3 is 2.42 bits per heavy atom. The molecule has 2 fully saturated rings. The van der Waals surface area contributed by atoms with Gasteiger partial charge < -0.3 is 14.2 Å². The van der Waals surface area contributed by atoms with E-state index in [-0.39, 0.29) is 41.6 Å². The van der Waals surface area contributed by atoms with E-state index in [0.717, 1.165) is 12.1 Å². The number of hydrogen-bond donors (Lipinski definition) is 0. The van der Waals surface area contributed by atoms with Gasteiger partial charge in [-0.3, -0.25) is 4.79 Å². The quantitative estimate of drug-likeness (QED) is 0.467. The van der Waals surface area contributed by atoms with E-state index in [1.807, 2.05) is 4.90 Å². The van der Waals surface area contributed by atoms with Crippen LogP contribution in [0, 0.1) is 11.6 Å². The number of pyridine rings is 1. The standard InChI is InChI=1S/C25H23F5N4O2/c1-33-14-15(2-5-21(33)35)22-23(31-13-20(32-22)24(8-9-24)25(28,29)30)34-10-6-17(7-11-34)36-19-4-3-16(26)12-18(19)27/h2-5,12-14,17H,6-11H2,1H3. The first-order valence-electron chi connectivity index (χ1n) is 11.6. The van der Waals surface area contributed by atoms with Crippen LogP contribution in [0.2, 0.25) is 0 Å². The molecule has 11 heteroatoms. The molecule has 0 spiro atoms. The van der Waals surface area contributed by atoms with Crippen molar-refractivity contribution < 1.29 is 26.7 Å². The SMILES string of the molecule is Cn1cc(-c2nc(C3(C(F)(F)F)CC3)cnc2N2CCC(Oc3ccc(F)cc3F)CC2)ccc1=O. The van der Waals surface area contributed by atoms with Crippen LogP contribution in [0.1, 0.15) is 31.4 Å². The zero-order valence-electron chi connectivity index (χ0n) is 19.4. The average Bonchev–Trinajstić information content (AvgIpc) is 3.65. The number of halogens is 5. The fourth-order valence-corrected chi connectivity index (χ4v) is 4.52. The summed E-state index contributed by atoms with van der Waals surface area (Å²) in [6.07, 6.45) is -1.15. The molecule has 0 unspecified atom stereocenters. The lowest BCUT2D eigenvalue weighted by Crippen LogP contribution is -2.39. The molecule has 0 bridgehead atoms. The predicted octanol–water partition coefficient (Wildman–Crippen LogP) is 4.76. The molecule has 1 aliphatic heterocycles. The third-order valence-electron chi connectivity index (χ3n) is 6.82. The van der Waals surface area contributed by atoms with Crippen LogP contribution in [0.15, 0.2) is 47.5 Å². The van der Waals surface area contributed by atoms with E-state index in [1.54, 1.807) is 7.05 Å². The number of ether oxygens (including phenoxy) is 1. The van der Waals surface area contributed by atoms with Crippen molar-refractivity contribution >= 4 is 5.82 Å². The van der Waals surface area contributed by atoms with Gasteiger partial charge in [-0.05, 0) is 31.0 Å². The molecule has 0 radical (unpaired) electrons. The Bertz CT molecular complexity index is 1350. The van der Waals surface area contributed by atoms with Crippen LogP contribution < -0.4 is 15.2 Å². The van der Waals surface area contributed by atoms with Crippen molar-refractivity contribution in [3.8, 4) is 17.0 Å². The first-order chi connectivity index (χ1) is 17.1. The highest BCUT2D eigenvalue weighted by Gasteiger charge is 2.65. The van der Waals surface area contributed by atoms with E-state index in [2.05, 4.69) is 9.97 Å². The number of hydrogen-bond acceptors (Lipinski definition) is 5. The van der Waals surface area contributed by atoms with Crippen LogP contribution in [-0.4, -0.2) is 39.9 Å². The molecule has 3 heterocycles. The van der Waals surface area contributed by atoms with Crippen molar-refractivity contribution in [3.63, 3.8) is 0 Å². The zero-order valence-corrected chi connectivity index (χ0v) is 19.4. The van der Waals surface area contributed by atoms with Crippen LogP contribution in [0.3, 0.4) is 0 Å². The fraction of sp³-hybridized carbons (Fsp3) is 0.400. The van der Waals surface area contributed by atoms with E-state index < -0.39 is 23.2 Å². The highest BCUT2D eigenvalue weighted by atomic mass is 19.4. The molecule has 5 rings (SSSR count). The molecule has 3 aromatic rings. The summed E-state index contributed by atoms with van der Waals surface area (Å²) in [4.78, 5) is 22.6. The van der Waals surface area contributed by atoms with Crippen LogP contribution in [0.4, 0.5) is 27.8 Å². The summed E-state index contributed by atoms with van der Waals surface area (Å²) in [5.74, 6) is -1.11. The number of nitrogens with zero attached hydrogens (tertiary/aromatic N) is 4. The molecule has 0 N–H and O–H groups in total. The van der Waals surface area contributed by atoms with Gasteiger partial charge in [0.15, 0.2) is 17.4 Å². The van der Waals surface area contributed by atoms with Crippen molar-refractivity contribution in [2.45, 2.75) is 43.4 Å². The maximum absolute atomic E-state index is 14.0. The lowest BCUT2D eigenvalue weighted by molar-refractivity contribution is -0.161. The highest BCUT2D eigenvalue weighted by molar-refractivity contribution is 5.72. The normalized spacial score (nSPS) is 17.8. The van der Waals surface area contributed by atoms with Crippen LogP contribution in [0.25, 0.3) is 11.3 Å². The lowest BCUT2D eigenvalue weighted by Gasteiger charge is -2.34. The molecule has 1 saturated heterocycles. The molecule has 1 saturated carbocycles. The topological polar surface area (TPSA) is 60.3 Å². The molecule has 2 aromatic heterocycles. The maximum atomic E-state index is 14.0. The Labute approximate surface area is 203 Å². The summed E-state index contributed by atoms with van der Waals surface area (Å²) >= 11 is 0. The van der Waals surface area contributed by atoms with Crippen molar-refractivity contribution in [2.75, 3.05) is 18.0 Å². The van der Waals surface area contributed by atoms with E-state index >= 15 is 0 Å². The molecule has 0 amide bonds. The molecule has 1 aromatic carbocycles. The van der Waals surface area contributed by atoms with Gasteiger partial charge in [0.25, 0.3) is 0 Å². The van der Waals surface area contributed by atoms with Crippen molar-refractivity contribution in [3.05, 3.63) is 70.4 Å². The van der Waals surface area contributed by atoms with Crippen LogP contribution in [-0.2, 0) is 12.5 Å². The first-order valence-corrected chi connectivity index (χ1v) is 11.6. The fourth-order valence-electron chi connectivity index (χ4n) is 4.52. The summed E-state index contributed by atoms with van der Waals surface area (Å²) in [5.41, 5.74) is -1.64. The summed E-state index contributed by atoms with van der Waals surface area (Å²) in [5, 5.41) is 0. The Morgan fingerprint density at radius 1 is 1.08 bits per heavy atom. The lowest BCUT2D eigenvalue weighted by atomic mass is 10.0. The second-order valence-corrected chi connectivity index (χ2v) is 9.25. The number of aromatic nitrogens is 3. The molecule has 0 atom stereocenters. The summed E-state index contributed by atoms with van der Waals surface area (Å²) in [7, 11) is 1.55. The van der Waals surface area contributed by atoms with Crippen molar-refractivity contribution in [1.82, 2.24) is 14.5 Å². The molecular formula is C25H23F5N4O2. The highest BCUT2D eigenvalue weighted by Crippen LogP contribution is 2.58. The first kappa shape index (κ1) is 24.2. The smallest absolute Gasteiger partial charge is 0.400 e. The molecule has 190 valence electrons. The third-order valence-corrected chi connectivity index (χ3v) is 6.82. The number of rotatable bonds is 5. The van der Waals surface area contributed by atoms with Gasteiger partial charge in [0.1, 0.15) is 23.0 Å². The molecule has 6 nitrogen and oxygen atoms in total. The minimum atomic E-state index is -4.44. The Morgan fingerprint density at radius 2 is 1.81 bits per heavy atom. The Hall–Kier alpha value is -3.50. The van der Waals surface area contributed by atoms with Gasteiger partial charge in [-0.25, -0.2) is 18.7 Å². The molecule has 2 aliphatic rings.